The second kappa shape index (κ2) is 14.7. The zero-order valence-electron chi connectivity index (χ0n) is 33.6. The first kappa shape index (κ1) is 36.1. The van der Waals surface area contributed by atoms with E-state index < -0.39 is 5.41 Å². The Balaban J connectivity index is 1.08. The van der Waals surface area contributed by atoms with Crippen LogP contribution in [-0.2, 0) is 5.41 Å². The molecule has 11 aromatic rings. The molecule has 1 aliphatic carbocycles. The highest BCUT2D eigenvalue weighted by atomic mass is 32.1. The van der Waals surface area contributed by atoms with Gasteiger partial charge in [0.15, 0.2) is 17.5 Å². The summed E-state index contributed by atoms with van der Waals surface area (Å²) < 4.78 is 2.48. The lowest BCUT2D eigenvalue weighted by Crippen LogP contribution is -2.28. The lowest BCUT2D eigenvalue weighted by Gasteiger charge is -2.34. The molecule has 0 saturated carbocycles. The van der Waals surface area contributed by atoms with Crippen LogP contribution in [0.2, 0.25) is 0 Å². The molecule has 4 heteroatoms. The lowest BCUT2D eigenvalue weighted by atomic mass is 9.67. The minimum atomic E-state index is -0.529. The Morgan fingerprint density at radius 1 is 0.290 bits per heavy atom. The molecular formula is C58H37N3S. The molecule has 0 aliphatic heterocycles. The zero-order chi connectivity index (χ0) is 41.0. The number of fused-ring (bicyclic) bond motifs is 6. The second-order valence-electron chi connectivity index (χ2n) is 15.9. The van der Waals surface area contributed by atoms with Crippen molar-refractivity contribution >= 4 is 31.5 Å². The lowest BCUT2D eigenvalue weighted by molar-refractivity contribution is 0.769. The average Bonchev–Trinajstić information content (AvgIpc) is 3.87. The molecule has 0 N–H and O–H groups in total. The summed E-state index contributed by atoms with van der Waals surface area (Å²) in [5, 5.41) is 2.52. The molecule has 290 valence electrons. The number of rotatable bonds is 7. The number of benzene rings is 9. The Labute approximate surface area is 364 Å². The normalized spacial score (nSPS) is 12.6. The fourth-order valence-electron chi connectivity index (χ4n) is 9.62. The van der Waals surface area contributed by atoms with E-state index in [2.05, 4.69) is 206 Å². The molecule has 62 heavy (non-hydrogen) atoms. The Morgan fingerprint density at radius 2 is 0.806 bits per heavy atom. The second-order valence-corrected chi connectivity index (χ2v) is 17.0. The quantitative estimate of drug-likeness (QED) is 0.161. The van der Waals surface area contributed by atoms with Gasteiger partial charge in [-0.3, -0.25) is 0 Å². The van der Waals surface area contributed by atoms with Crippen LogP contribution < -0.4 is 0 Å². The summed E-state index contributed by atoms with van der Waals surface area (Å²) in [5.74, 6) is 1.92. The van der Waals surface area contributed by atoms with Crippen LogP contribution in [0.3, 0.4) is 0 Å². The Bertz CT molecular complexity index is 3410. The van der Waals surface area contributed by atoms with Crippen LogP contribution in [0, 0.1) is 0 Å². The first-order valence-electron chi connectivity index (χ1n) is 21.0. The van der Waals surface area contributed by atoms with Crippen LogP contribution >= 0.6 is 11.3 Å². The average molecular weight is 808 g/mol. The molecule has 2 heterocycles. The predicted octanol–water partition coefficient (Wildman–Crippen LogP) is 14.9. The van der Waals surface area contributed by atoms with E-state index in [-0.39, 0.29) is 0 Å². The Hall–Kier alpha value is -7.79. The van der Waals surface area contributed by atoms with Crippen molar-refractivity contribution in [1.82, 2.24) is 15.0 Å². The van der Waals surface area contributed by atoms with Crippen LogP contribution in [0.25, 0.3) is 87.7 Å². The molecule has 0 bridgehead atoms. The van der Waals surface area contributed by atoms with E-state index in [1.807, 2.05) is 18.2 Å². The topological polar surface area (TPSA) is 38.7 Å². The first-order valence-corrected chi connectivity index (χ1v) is 21.8. The SMILES string of the molecule is c1ccc(-c2nc(-c3cccc(-c4cc5c(cc4-c4ccccc4)-c4ccccc4C5(c4ccccc4)c4ccccc4)c3)nc(-c3ccc4c(c3)sc3ccccc34)n2)cc1. The number of aromatic nitrogens is 3. The molecule has 3 nitrogen and oxygen atoms in total. The summed E-state index contributed by atoms with van der Waals surface area (Å²) in [6.45, 7) is 0. The van der Waals surface area contributed by atoms with Crippen LogP contribution in [0.15, 0.2) is 224 Å². The molecule has 12 rings (SSSR count). The van der Waals surface area contributed by atoms with Crippen molar-refractivity contribution in [2.24, 2.45) is 0 Å². The van der Waals surface area contributed by atoms with Gasteiger partial charge in [0.25, 0.3) is 0 Å². The largest absolute Gasteiger partial charge is 0.208 e. The van der Waals surface area contributed by atoms with Crippen molar-refractivity contribution in [2.75, 3.05) is 0 Å². The zero-order valence-corrected chi connectivity index (χ0v) is 34.4. The smallest absolute Gasteiger partial charge is 0.164 e. The maximum Gasteiger partial charge on any atom is 0.164 e. The number of hydrogen-bond donors (Lipinski definition) is 0. The third-order valence-corrected chi connectivity index (χ3v) is 13.6. The highest BCUT2D eigenvalue weighted by Gasteiger charge is 2.46. The van der Waals surface area contributed by atoms with E-state index in [0.717, 1.165) is 33.4 Å². The standard InChI is InChI=1S/C58H37N3S/c1-5-18-38(19-6-1)48-36-50-45-28-13-15-30-51(45)58(43-24-9-3-10-25-43,44-26-11-4-12-27-44)52(50)37-49(48)40-22-17-23-41(34-40)56-59-55(39-20-7-2-8-21-39)60-57(61-56)42-32-33-47-46-29-14-16-31-53(46)62-54(47)35-42/h1-37H. The fraction of sp³-hybridized carbons (Fsp3) is 0.0172. The van der Waals surface area contributed by atoms with Gasteiger partial charge in [0.2, 0.25) is 0 Å². The summed E-state index contributed by atoms with van der Waals surface area (Å²) in [6, 6.07) is 80.8. The Kier molecular flexibility index (Phi) is 8.58. The fourth-order valence-corrected chi connectivity index (χ4v) is 10.8. The van der Waals surface area contributed by atoms with Gasteiger partial charge in [0.05, 0.1) is 5.41 Å². The first-order chi connectivity index (χ1) is 30.7. The van der Waals surface area contributed by atoms with E-state index >= 15 is 0 Å². The maximum absolute atomic E-state index is 5.25. The van der Waals surface area contributed by atoms with Gasteiger partial charge in [-0.2, -0.15) is 0 Å². The summed E-state index contributed by atoms with van der Waals surface area (Å²) in [5.41, 5.74) is 14.4. The third-order valence-electron chi connectivity index (χ3n) is 12.4. The van der Waals surface area contributed by atoms with Crippen molar-refractivity contribution in [3.8, 4) is 67.5 Å². The van der Waals surface area contributed by atoms with E-state index in [0.29, 0.717) is 17.5 Å². The molecular weight excluding hydrogens is 771 g/mol. The summed E-state index contributed by atoms with van der Waals surface area (Å²) >= 11 is 1.80. The van der Waals surface area contributed by atoms with Crippen molar-refractivity contribution in [2.45, 2.75) is 5.41 Å². The molecule has 9 aromatic carbocycles. The van der Waals surface area contributed by atoms with E-state index in [1.165, 1.54) is 59.1 Å². The van der Waals surface area contributed by atoms with Crippen LogP contribution in [0.4, 0.5) is 0 Å². The highest BCUT2D eigenvalue weighted by Crippen LogP contribution is 2.58. The van der Waals surface area contributed by atoms with E-state index in [9.17, 15) is 0 Å². The molecule has 0 saturated heterocycles. The van der Waals surface area contributed by atoms with Gasteiger partial charge in [-0.15, -0.1) is 11.3 Å². The van der Waals surface area contributed by atoms with Gasteiger partial charge in [-0.1, -0.05) is 194 Å². The number of hydrogen-bond acceptors (Lipinski definition) is 4. The summed E-state index contributed by atoms with van der Waals surface area (Å²) in [7, 11) is 0. The third kappa shape index (κ3) is 5.83. The molecule has 0 fully saturated rings. The van der Waals surface area contributed by atoms with Crippen LogP contribution in [0.1, 0.15) is 22.3 Å². The van der Waals surface area contributed by atoms with Gasteiger partial charge in [0.1, 0.15) is 0 Å². The van der Waals surface area contributed by atoms with E-state index in [4.69, 9.17) is 15.0 Å². The summed E-state index contributed by atoms with van der Waals surface area (Å²) in [4.78, 5) is 15.5. The number of nitrogens with zero attached hydrogens (tertiary/aromatic N) is 3. The van der Waals surface area contributed by atoms with Gasteiger partial charge >= 0.3 is 0 Å². The molecule has 1 aliphatic rings. The van der Waals surface area contributed by atoms with Crippen LogP contribution in [-0.4, -0.2) is 15.0 Å². The molecule has 0 amide bonds. The van der Waals surface area contributed by atoms with Crippen LogP contribution in [0.5, 0.6) is 0 Å². The van der Waals surface area contributed by atoms with Crippen molar-refractivity contribution in [1.29, 1.82) is 0 Å². The van der Waals surface area contributed by atoms with Gasteiger partial charge < -0.3 is 0 Å². The van der Waals surface area contributed by atoms with Crippen molar-refractivity contribution < 1.29 is 0 Å². The number of thiophene rings is 1. The minimum Gasteiger partial charge on any atom is -0.208 e. The highest BCUT2D eigenvalue weighted by molar-refractivity contribution is 7.25. The minimum absolute atomic E-state index is 0.529. The van der Waals surface area contributed by atoms with Gasteiger partial charge in [-0.25, -0.2) is 15.0 Å². The van der Waals surface area contributed by atoms with Gasteiger partial charge in [-0.05, 0) is 86.0 Å². The van der Waals surface area contributed by atoms with Crippen molar-refractivity contribution in [3.05, 3.63) is 247 Å². The van der Waals surface area contributed by atoms with E-state index in [1.54, 1.807) is 11.3 Å². The summed E-state index contributed by atoms with van der Waals surface area (Å²) in [6.07, 6.45) is 0. The molecule has 0 radical (unpaired) electrons. The molecule has 0 spiro atoms. The molecule has 0 atom stereocenters. The van der Waals surface area contributed by atoms with Crippen molar-refractivity contribution in [3.63, 3.8) is 0 Å². The monoisotopic (exact) mass is 807 g/mol. The molecule has 2 aromatic heterocycles. The molecule has 0 unspecified atom stereocenters. The van der Waals surface area contributed by atoms with Gasteiger partial charge in [0, 0.05) is 36.9 Å². The predicted molar refractivity (Wildman–Crippen MR) is 257 cm³/mol. The maximum atomic E-state index is 5.25. The Morgan fingerprint density at radius 3 is 1.52 bits per heavy atom.